The number of aryl methyl sites for hydroxylation is 1. The average Bonchev–Trinajstić information content (AvgIpc) is 2.72. The van der Waals surface area contributed by atoms with Gasteiger partial charge in [0.1, 0.15) is 12.4 Å². The van der Waals surface area contributed by atoms with Crippen LogP contribution in [0, 0.1) is 0 Å². The summed E-state index contributed by atoms with van der Waals surface area (Å²) < 4.78 is 6.04. The van der Waals surface area contributed by atoms with Gasteiger partial charge in [-0.1, -0.05) is 65.7 Å². The predicted octanol–water partition coefficient (Wildman–Crippen LogP) is 6.68. The summed E-state index contributed by atoms with van der Waals surface area (Å²) >= 11 is 12.2. The fraction of sp³-hybridized carbons (Fsp3) is 0.250. The van der Waals surface area contributed by atoms with E-state index in [1.165, 1.54) is 5.56 Å². The fourth-order valence-electron chi connectivity index (χ4n) is 2.98. The lowest BCUT2D eigenvalue weighted by Crippen LogP contribution is -2.26. The fourth-order valence-corrected chi connectivity index (χ4v) is 3.30. The van der Waals surface area contributed by atoms with Crippen molar-refractivity contribution in [3.8, 4) is 5.75 Å². The van der Waals surface area contributed by atoms with E-state index in [0.29, 0.717) is 24.2 Å². The van der Waals surface area contributed by atoms with E-state index in [2.05, 4.69) is 42.6 Å². The normalized spacial score (nSPS) is 12.0. The molecule has 2 nitrogen and oxygen atoms in total. The minimum atomic E-state index is 0.392. The first kappa shape index (κ1) is 20.7. The molecule has 0 fully saturated rings. The van der Waals surface area contributed by atoms with Gasteiger partial charge in [0.15, 0.2) is 0 Å². The Morgan fingerprint density at radius 1 is 0.857 bits per heavy atom. The number of ether oxygens (including phenoxy) is 1. The number of rotatable bonds is 9. The van der Waals surface area contributed by atoms with E-state index < -0.39 is 0 Å². The first-order valence-corrected chi connectivity index (χ1v) is 10.3. The summed E-state index contributed by atoms with van der Waals surface area (Å²) in [5, 5.41) is 5.03. The van der Waals surface area contributed by atoms with Crippen LogP contribution in [0.3, 0.4) is 0 Å². The summed E-state index contributed by atoms with van der Waals surface area (Å²) in [6.45, 7) is 3.42. The summed E-state index contributed by atoms with van der Waals surface area (Å²) in [6, 6.07) is 24.4. The maximum absolute atomic E-state index is 6.21. The number of nitrogens with one attached hydrogen (secondary N) is 1. The Morgan fingerprint density at radius 2 is 1.57 bits per heavy atom. The van der Waals surface area contributed by atoms with Crippen LogP contribution in [0.4, 0.5) is 0 Å². The molecule has 1 N–H and O–H groups in total. The first-order valence-electron chi connectivity index (χ1n) is 9.53. The highest BCUT2D eigenvalue weighted by molar-refractivity contribution is 6.30. The van der Waals surface area contributed by atoms with Gasteiger partial charge < -0.3 is 10.1 Å². The number of benzene rings is 3. The van der Waals surface area contributed by atoms with Gasteiger partial charge in [0.2, 0.25) is 0 Å². The Kier molecular flexibility index (Phi) is 7.79. The molecule has 0 heterocycles. The van der Waals surface area contributed by atoms with Crippen molar-refractivity contribution in [1.82, 2.24) is 5.32 Å². The molecule has 1 atom stereocenters. The number of hydrogen-bond acceptors (Lipinski definition) is 2. The molecule has 0 aliphatic carbocycles. The van der Waals surface area contributed by atoms with Crippen molar-refractivity contribution in [2.45, 2.75) is 39.0 Å². The highest BCUT2D eigenvalue weighted by Gasteiger charge is 2.08. The van der Waals surface area contributed by atoms with Crippen molar-refractivity contribution in [3.63, 3.8) is 0 Å². The van der Waals surface area contributed by atoms with Crippen LogP contribution in [0.15, 0.2) is 72.8 Å². The zero-order valence-electron chi connectivity index (χ0n) is 16.0. The van der Waals surface area contributed by atoms with Crippen LogP contribution in [0.2, 0.25) is 10.0 Å². The van der Waals surface area contributed by atoms with Gasteiger partial charge in [-0.2, -0.15) is 0 Å². The average molecular weight is 414 g/mol. The minimum Gasteiger partial charge on any atom is -0.489 e. The zero-order valence-corrected chi connectivity index (χ0v) is 17.5. The number of halogens is 2. The van der Waals surface area contributed by atoms with E-state index in [4.69, 9.17) is 27.9 Å². The Bertz CT molecular complexity index is 866. The zero-order chi connectivity index (χ0) is 19.8. The lowest BCUT2D eigenvalue weighted by molar-refractivity contribution is 0.301. The summed E-state index contributed by atoms with van der Waals surface area (Å²) in [6.07, 6.45) is 2.13. The van der Waals surface area contributed by atoms with Crippen LogP contribution < -0.4 is 10.1 Å². The molecule has 4 heteroatoms. The SMILES string of the molecule is CC(CCc1ccccc1)NCc1cc(Cl)ccc1OCc1ccc(Cl)cc1. The summed E-state index contributed by atoms with van der Waals surface area (Å²) in [4.78, 5) is 0. The third kappa shape index (κ3) is 6.56. The van der Waals surface area contributed by atoms with Crippen LogP contribution >= 0.6 is 23.2 Å². The molecule has 0 bridgehead atoms. The smallest absolute Gasteiger partial charge is 0.124 e. The highest BCUT2D eigenvalue weighted by atomic mass is 35.5. The molecule has 1 unspecified atom stereocenters. The van der Waals surface area contributed by atoms with E-state index in [-0.39, 0.29) is 0 Å². The lowest BCUT2D eigenvalue weighted by Gasteiger charge is -2.17. The van der Waals surface area contributed by atoms with Gasteiger partial charge >= 0.3 is 0 Å². The van der Waals surface area contributed by atoms with Crippen LogP contribution in [-0.2, 0) is 19.6 Å². The molecule has 0 aliphatic heterocycles. The van der Waals surface area contributed by atoms with Crippen molar-refractivity contribution in [2.75, 3.05) is 0 Å². The molecule has 0 aliphatic rings. The summed E-state index contributed by atoms with van der Waals surface area (Å²) in [5.41, 5.74) is 3.51. The van der Waals surface area contributed by atoms with Crippen LogP contribution in [-0.4, -0.2) is 6.04 Å². The standard InChI is InChI=1S/C24H25Cl2NO/c1-18(7-8-19-5-3-2-4-6-19)27-16-21-15-23(26)13-14-24(21)28-17-20-9-11-22(25)12-10-20/h2-6,9-15,18,27H,7-8,16-17H2,1H3. The maximum atomic E-state index is 6.21. The van der Waals surface area contributed by atoms with Crippen molar-refractivity contribution >= 4 is 23.2 Å². The van der Waals surface area contributed by atoms with Crippen molar-refractivity contribution in [1.29, 1.82) is 0 Å². The molecule has 28 heavy (non-hydrogen) atoms. The topological polar surface area (TPSA) is 21.3 Å². The highest BCUT2D eigenvalue weighted by Crippen LogP contribution is 2.24. The molecule has 0 aromatic heterocycles. The molecule has 3 aromatic carbocycles. The molecule has 146 valence electrons. The maximum Gasteiger partial charge on any atom is 0.124 e. The second-order valence-corrected chi connectivity index (χ2v) is 7.85. The second-order valence-electron chi connectivity index (χ2n) is 6.97. The summed E-state index contributed by atoms with van der Waals surface area (Å²) in [7, 11) is 0. The van der Waals surface area contributed by atoms with Gasteiger partial charge in [-0.3, -0.25) is 0 Å². The Labute approximate surface area is 177 Å². The van der Waals surface area contributed by atoms with E-state index in [1.54, 1.807) is 0 Å². The van der Waals surface area contributed by atoms with Crippen molar-refractivity contribution in [2.24, 2.45) is 0 Å². The van der Waals surface area contributed by atoms with Crippen LogP contribution in [0.1, 0.15) is 30.0 Å². The number of hydrogen-bond donors (Lipinski definition) is 1. The van der Waals surface area contributed by atoms with Crippen molar-refractivity contribution < 1.29 is 4.74 Å². The summed E-state index contributed by atoms with van der Waals surface area (Å²) in [5.74, 6) is 0.849. The van der Waals surface area contributed by atoms with Crippen molar-refractivity contribution in [3.05, 3.63) is 99.5 Å². The van der Waals surface area contributed by atoms with E-state index in [1.807, 2.05) is 42.5 Å². The van der Waals surface area contributed by atoms with Crippen LogP contribution in [0.5, 0.6) is 5.75 Å². The molecule has 0 spiro atoms. The molecule has 3 rings (SSSR count). The monoisotopic (exact) mass is 413 g/mol. The minimum absolute atomic E-state index is 0.392. The Hall–Kier alpha value is -2.00. The van der Waals surface area contributed by atoms with E-state index in [0.717, 1.165) is 34.7 Å². The lowest BCUT2D eigenvalue weighted by atomic mass is 10.1. The molecule has 0 saturated heterocycles. The van der Waals surface area contributed by atoms with Gasteiger partial charge in [0.05, 0.1) is 0 Å². The van der Waals surface area contributed by atoms with Gasteiger partial charge in [-0.15, -0.1) is 0 Å². The van der Waals surface area contributed by atoms with Gasteiger partial charge in [0, 0.05) is 28.2 Å². The predicted molar refractivity (Wildman–Crippen MR) is 118 cm³/mol. The second kappa shape index (κ2) is 10.5. The first-order chi connectivity index (χ1) is 13.6. The van der Waals surface area contributed by atoms with Gasteiger partial charge in [-0.05, 0) is 61.2 Å². The molecule has 0 radical (unpaired) electrons. The molecule has 0 amide bonds. The molecule has 3 aromatic rings. The Morgan fingerprint density at radius 3 is 2.32 bits per heavy atom. The third-order valence-electron chi connectivity index (χ3n) is 4.68. The van der Waals surface area contributed by atoms with Gasteiger partial charge in [0.25, 0.3) is 0 Å². The Balaban J connectivity index is 1.55. The van der Waals surface area contributed by atoms with Crippen LogP contribution in [0.25, 0.3) is 0 Å². The third-order valence-corrected chi connectivity index (χ3v) is 5.17. The molecular weight excluding hydrogens is 389 g/mol. The largest absolute Gasteiger partial charge is 0.489 e. The van der Waals surface area contributed by atoms with Gasteiger partial charge in [-0.25, -0.2) is 0 Å². The molecule has 0 saturated carbocycles. The quantitative estimate of drug-likeness (QED) is 0.422. The van der Waals surface area contributed by atoms with E-state index in [9.17, 15) is 0 Å². The molecular formula is C24H25Cl2NO. The van der Waals surface area contributed by atoms with E-state index >= 15 is 0 Å².